The van der Waals surface area contributed by atoms with Gasteiger partial charge in [0.25, 0.3) is 0 Å². The molecule has 3 rings (SSSR count). The Bertz CT molecular complexity index is 624. The average molecular weight is 344 g/mol. The lowest BCUT2D eigenvalue weighted by Crippen LogP contribution is -2.52. The maximum absolute atomic E-state index is 12.3. The lowest BCUT2D eigenvalue weighted by atomic mass is 10.1. The van der Waals surface area contributed by atoms with Gasteiger partial charge in [-0.25, -0.2) is 4.79 Å². The fourth-order valence-corrected chi connectivity index (χ4v) is 3.75. The van der Waals surface area contributed by atoms with Gasteiger partial charge in [-0.05, 0) is 47.4 Å². The molecule has 1 aliphatic rings. The van der Waals surface area contributed by atoms with E-state index < -0.39 is 0 Å². The van der Waals surface area contributed by atoms with Gasteiger partial charge in [-0.1, -0.05) is 6.07 Å². The number of piperazine rings is 1. The van der Waals surface area contributed by atoms with Crippen LogP contribution in [0, 0.1) is 0 Å². The largest absolute Gasteiger partial charge is 0.338 e. The molecule has 2 amide bonds. The summed E-state index contributed by atoms with van der Waals surface area (Å²) in [5.74, 6) is 0. The summed E-state index contributed by atoms with van der Waals surface area (Å²) >= 11 is 1.74. The summed E-state index contributed by atoms with van der Waals surface area (Å²) in [5.41, 5.74) is 2.52. The van der Waals surface area contributed by atoms with Gasteiger partial charge in [0.1, 0.15) is 0 Å². The summed E-state index contributed by atoms with van der Waals surface area (Å²) in [6, 6.07) is 6.61. The van der Waals surface area contributed by atoms with Crippen LogP contribution < -0.4 is 5.32 Å². The van der Waals surface area contributed by atoms with E-state index in [4.69, 9.17) is 0 Å². The monoisotopic (exact) mass is 344 g/mol. The van der Waals surface area contributed by atoms with Crippen LogP contribution in [0.4, 0.5) is 4.79 Å². The third kappa shape index (κ3) is 4.33. The first-order valence-electron chi connectivity index (χ1n) is 8.42. The topological polar surface area (TPSA) is 48.5 Å². The average Bonchev–Trinajstić information content (AvgIpc) is 3.17. The summed E-state index contributed by atoms with van der Waals surface area (Å²) in [7, 11) is 0. The van der Waals surface area contributed by atoms with Crippen molar-refractivity contribution in [2.24, 2.45) is 0 Å². The van der Waals surface area contributed by atoms with Crippen molar-refractivity contribution in [3.63, 3.8) is 0 Å². The Hall–Kier alpha value is -1.92. The van der Waals surface area contributed by atoms with Crippen molar-refractivity contribution in [3.8, 4) is 0 Å². The molecule has 1 fully saturated rings. The predicted molar refractivity (Wildman–Crippen MR) is 97.2 cm³/mol. The van der Waals surface area contributed by atoms with Crippen LogP contribution in [0.3, 0.4) is 0 Å². The summed E-state index contributed by atoms with van der Waals surface area (Å²) in [6.45, 7) is 6.31. The number of carbonyl (C=O) groups excluding carboxylic acids is 1. The minimum Gasteiger partial charge on any atom is -0.338 e. The highest BCUT2D eigenvalue weighted by atomic mass is 32.1. The number of hydrogen-bond donors (Lipinski definition) is 1. The van der Waals surface area contributed by atoms with Crippen molar-refractivity contribution in [1.82, 2.24) is 20.1 Å². The lowest BCUT2D eigenvalue weighted by molar-refractivity contribution is 0.114. The summed E-state index contributed by atoms with van der Waals surface area (Å²) < 4.78 is 0. The summed E-state index contributed by atoms with van der Waals surface area (Å²) in [5, 5.41) is 7.35. The highest BCUT2D eigenvalue weighted by Gasteiger charge is 2.24. The molecular formula is C18H24N4OS. The number of hydrogen-bond acceptors (Lipinski definition) is 4. The molecule has 5 nitrogen and oxygen atoms in total. The fourth-order valence-electron chi connectivity index (χ4n) is 3.01. The van der Waals surface area contributed by atoms with Crippen LogP contribution in [0.1, 0.15) is 24.1 Å². The molecule has 2 aromatic heterocycles. The minimum absolute atomic E-state index is 0.0433. The SMILES string of the molecule is C[C@H](c1ccsc1)N1CCN(C(=O)NCCc2cccnc2)CC1. The fraction of sp³-hybridized carbons (Fsp3) is 0.444. The maximum Gasteiger partial charge on any atom is 0.317 e. The number of rotatable bonds is 5. The quantitative estimate of drug-likeness (QED) is 0.907. The normalized spacial score (nSPS) is 16.8. The molecule has 0 aromatic carbocycles. The van der Waals surface area contributed by atoms with Crippen molar-refractivity contribution < 1.29 is 4.79 Å². The first-order valence-corrected chi connectivity index (χ1v) is 9.36. The van der Waals surface area contributed by atoms with Crippen molar-refractivity contribution in [2.75, 3.05) is 32.7 Å². The second-order valence-corrected chi connectivity index (χ2v) is 6.88. The van der Waals surface area contributed by atoms with Gasteiger partial charge in [-0.2, -0.15) is 11.3 Å². The van der Waals surface area contributed by atoms with Crippen LogP contribution in [-0.4, -0.2) is 53.5 Å². The molecule has 2 aromatic rings. The van der Waals surface area contributed by atoms with E-state index in [2.05, 4.69) is 39.0 Å². The van der Waals surface area contributed by atoms with E-state index in [1.54, 1.807) is 17.5 Å². The highest BCUT2D eigenvalue weighted by molar-refractivity contribution is 7.07. The molecule has 1 atom stereocenters. The third-order valence-electron chi connectivity index (χ3n) is 4.59. The number of pyridine rings is 1. The number of urea groups is 1. The van der Waals surface area contributed by atoms with Crippen LogP contribution in [0.2, 0.25) is 0 Å². The second-order valence-electron chi connectivity index (χ2n) is 6.10. The summed E-state index contributed by atoms with van der Waals surface area (Å²) in [4.78, 5) is 20.7. The van der Waals surface area contributed by atoms with Crippen LogP contribution in [0.25, 0.3) is 0 Å². The Kier molecular flexibility index (Phi) is 5.82. The molecule has 128 valence electrons. The molecule has 0 spiro atoms. The minimum atomic E-state index is 0.0433. The number of nitrogens with zero attached hydrogens (tertiary/aromatic N) is 3. The number of amides is 2. The molecule has 0 radical (unpaired) electrons. The molecule has 1 saturated heterocycles. The van der Waals surface area contributed by atoms with Crippen LogP contribution >= 0.6 is 11.3 Å². The van der Waals surface area contributed by atoms with Crippen molar-refractivity contribution in [2.45, 2.75) is 19.4 Å². The Balaban J connectivity index is 1.40. The Labute approximate surface area is 147 Å². The molecular weight excluding hydrogens is 320 g/mol. The Morgan fingerprint density at radius 1 is 1.33 bits per heavy atom. The Morgan fingerprint density at radius 3 is 2.83 bits per heavy atom. The van der Waals surface area contributed by atoms with Crippen LogP contribution in [0.15, 0.2) is 41.4 Å². The zero-order valence-corrected chi connectivity index (χ0v) is 14.8. The second kappa shape index (κ2) is 8.26. The van der Waals surface area contributed by atoms with E-state index in [0.717, 1.165) is 38.2 Å². The molecule has 6 heteroatoms. The van der Waals surface area contributed by atoms with Gasteiger partial charge in [0.05, 0.1) is 0 Å². The number of thiophene rings is 1. The van der Waals surface area contributed by atoms with E-state index >= 15 is 0 Å². The van der Waals surface area contributed by atoms with E-state index in [1.165, 1.54) is 5.56 Å². The molecule has 0 saturated carbocycles. The van der Waals surface area contributed by atoms with Gasteiger partial charge in [0.2, 0.25) is 0 Å². The smallest absolute Gasteiger partial charge is 0.317 e. The zero-order valence-electron chi connectivity index (χ0n) is 14.0. The van der Waals surface area contributed by atoms with Gasteiger partial charge in [0, 0.05) is 51.2 Å². The van der Waals surface area contributed by atoms with E-state index in [0.29, 0.717) is 12.6 Å². The van der Waals surface area contributed by atoms with Crippen LogP contribution in [-0.2, 0) is 6.42 Å². The summed E-state index contributed by atoms with van der Waals surface area (Å²) in [6.07, 6.45) is 4.42. The molecule has 0 bridgehead atoms. The molecule has 3 heterocycles. The number of aromatic nitrogens is 1. The molecule has 1 aliphatic heterocycles. The van der Waals surface area contributed by atoms with E-state index in [9.17, 15) is 4.79 Å². The van der Waals surface area contributed by atoms with Crippen molar-refractivity contribution in [1.29, 1.82) is 0 Å². The first-order chi connectivity index (χ1) is 11.7. The third-order valence-corrected chi connectivity index (χ3v) is 5.29. The number of nitrogens with one attached hydrogen (secondary N) is 1. The standard InChI is InChI=1S/C18H24N4OS/c1-15(17-5-12-24-14-17)21-8-10-22(11-9-21)18(23)20-7-4-16-3-2-6-19-13-16/h2-3,5-6,12-15H,4,7-11H2,1H3,(H,20,23)/t15-/m1/s1. The molecule has 24 heavy (non-hydrogen) atoms. The predicted octanol–water partition coefficient (Wildman–Crippen LogP) is 2.77. The maximum atomic E-state index is 12.3. The molecule has 0 aliphatic carbocycles. The van der Waals surface area contributed by atoms with Gasteiger partial charge < -0.3 is 10.2 Å². The van der Waals surface area contributed by atoms with Gasteiger partial charge in [-0.3, -0.25) is 9.88 Å². The van der Waals surface area contributed by atoms with E-state index in [1.807, 2.05) is 23.2 Å². The van der Waals surface area contributed by atoms with Gasteiger partial charge in [-0.15, -0.1) is 0 Å². The highest BCUT2D eigenvalue weighted by Crippen LogP contribution is 2.23. The number of carbonyl (C=O) groups is 1. The molecule has 1 N–H and O–H groups in total. The van der Waals surface area contributed by atoms with Crippen molar-refractivity contribution in [3.05, 3.63) is 52.5 Å². The van der Waals surface area contributed by atoms with Gasteiger partial charge >= 0.3 is 6.03 Å². The van der Waals surface area contributed by atoms with Crippen LogP contribution in [0.5, 0.6) is 0 Å². The van der Waals surface area contributed by atoms with Crippen molar-refractivity contribution >= 4 is 17.4 Å². The Morgan fingerprint density at radius 2 is 2.17 bits per heavy atom. The first kappa shape index (κ1) is 16.9. The zero-order chi connectivity index (χ0) is 16.8. The lowest BCUT2D eigenvalue weighted by Gasteiger charge is -2.37. The van der Waals surface area contributed by atoms with E-state index in [-0.39, 0.29) is 6.03 Å². The van der Waals surface area contributed by atoms with Gasteiger partial charge in [0.15, 0.2) is 0 Å². The molecule has 0 unspecified atom stereocenters.